The molecule has 5 heteroatoms. The molecule has 0 aliphatic heterocycles. The van der Waals surface area contributed by atoms with Crippen LogP contribution < -0.4 is 4.74 Å². The molecule has 0 saturated heterocycles. The number of rotatable bonds is 2. The Morgan fingerprint density at radius 3 is 2.60 bits per heavy atom. The summed E-state index contributed by atoms with van der Waals surface area (Å²) < 4.78 is 11.0. The fourth-order valence-corrected chi connectivity index (χ4v) is 2.26. The Kier molecular flexibility index (Phi) is 2.71. The van der Waals surface area contributed by atoms with Crippen LogP contribution in [0.25, 0.3) is 11.3 Å². The first kappa shape index (κ1) is 12.6. The number of benzene rings is 1. The lowest BCUT2D eigenvalue weighted by molar-refractivity contribution is 0.0812. The van der Waals surface area contributed by atoms with Crippen molar-refractivity contribution in [3.63, 3.8) is 0 Å². The second-order valence-corrected chi connectivity index (χ2v) is 4.93. The summed E-state index contributed by atoms with van der Waals surface area (Å²) in [5.74, 6) is 0.0878. The number of oxazole rings is 1. The third-order valence-electron chi connectivity index (χ3n) is 3.28. The van der Waals surface area contributed by atoms with Crippen molar-refractivity contribution in [3.05, 3.63) is 35.3 Å². The summed E-state index contributed by atoms with van der Waals surface area (Å²) in [5, 5.41) is 0. The number of carbonyl (C=O) groups is 2. The van der Waals surface area contributed by atoms with Crippen molar-refractivity contribution in [3.8, 4) is 17.1 Å². The molecule has 0 unspecified atom stereocenters. The van der Waals surface area contributed by atoms with Gasteiger partial charge < -0.3 is 9.15 Å². The molecule has 0 radical (unpaired) electrons. The highest BCUT2D eigenvalue weighted by Crippen LogP contribution is 2.40. The molecule has 2 aromatic rings. The van der Waals surface area contributed by atoms with Gasteiger partial charge >= 0.3 is 0 Å². The van der Waals surface area contributed by atoms with E-state index in [1.807, 2.05) is 13.8 Å². The van der Waals surface area contributed by atoms with Gasteiger partial charge in [0.1, 0.15) is 5.75 Å². The molecule has 1 aliphatic carbocycles. The van der Waals surface area contributed by atoms with E-state index in [1.54, 1.807) is 18.2 Å². The lowest BCUT2D eigenvalue weighted by atomic mass is 9.90. The lowest BCUT2D eigenvalue weighted by Gasteiger charge is -2.14. The molecule has 0 N–H and O–H groups in total. The molecule has 5 nitrogen and oxygen atoms in total. The zero-order valence-corrected chi connectivity index (χ0v) is 11.4. The van der Waals surface area contributed by atoms with Gasteiger partial charge in [0.25, 0.3) is 5.78 Å². The van der Waals surface area contributed by atoms with Gasteiger partial charge in [0.05, 0.1) is 12.7 Å². The maximum atomic E-state index is 12.1. The van der Waals surface area contributed by atoms with E-state index in [0.717, 1.165) is 0 Å². The number of carbonyl (C=O) groups excluding carboxylic acids is 2. The molecular formula is C15H13NO4. The predicted octanol–water partition coefficient (Wildman–Crippen LogP) is 2.85. The van der Waals surface area contributed by atoms with Gasteiger partial charge in [-0.3, -0.25) is 9.59 Å². The number of hydrogen-bond acceptors (Lipinski definition) is 5. The van der Waals surface area contributed by atoms with Crippen LogP contribution in [0.2, 0.25) is 0 Å². The number of Topliss-reactive ketones (excluding diaryl/α,β-unsaturated/α-hetero) is 2. The number of nitrogens with zero attached hydrogens (tertiary/aromatic N) is 1. The molecule has 0 spiro atoms. The van der Waals surface area contributed by atoms with Gasteiger partial charge in [0.2, 0.25) is 5.78 Å². The van der Waals surface area contributed by atoms with Crippen LogP contribution in [-0.4, -0.2) is 23.7 Å². The summed E-state index contributed by atoms with van der Waals surface area (Å²) in [6.45, 7) is 3.82. The fraction of sp³-hybridized carbons (Fsp3) is 0.267. The van der Waals surface area contributed by atoms with E-state index >= 15 is 0 Å². The van der Waals surface area contributed by atoms with Crippen LogP contribution in [0.4, 0.5) is 0 Å². The van der Waals surface area contributed by atoms with E-state index in [-0.39, 0.29) is 11.6 Å². The molecule has 20 heavy (non-hydrogen) atoms. The minimum absolute atomic E-state index is 0.0293. The van der Waals surface area contributed by atoms with Crippen molar-refractivity contribution in [2.24, 2.45) is 0 Å². The van der Waals surface area contributed by atoms with Gasteiger partial charge in [-0.2, -0.15) is 0 Å². The first-order valence-electron chi connectivity index (χ1n) is 6.31. The van der Waals surface area contributed by atoms with E-state index in [9.17, 15) is 9.59 Å². The van der Waals surface area contributed by atoms with Gasteiger partial charge in [-0.05, 0) is 12.1 Å². The summed E-state index contributed by atoms with van der Waals surface area (Å²) >= 11 is 0. The maximum Gasteiger partial charge on any atom is 0.255 e. The molecular weight excluding hydrogens is 258 g/mol. The largest absolute Gasteiger partial charge is 0.496 e. The molecule has 1 aromatic carbocycles. The minimum atomic E-state index is -0.628. The monoisotopic (exact) mass is 271 g/mol. The molecule has 1 aromatic heterocycles. The van der Waals surface area contributed by atoms with Crippen LogP contribution in [0.5, 0.6) is 5.75 Å². The van der Waals surface area contributed by atoms with Gasteiger partial charge in [-0.25, -0.2) is 4.98 Å². The van der Waals surface area contributed by atoms with Crippen molar-refractivity contribution in [1.82, 2.24) is 4.98 Å². The number of fused-ring (bicyclic) bond motifs is 3. The highest BCUT2D eigenvalue weighted by atomic mass is 16.5. The summed E-state index contributed by atoms with van der Waals surface area (Å²) in [4.78, 5) is 28.4. The van der Waals surface area contributed by atoms with Crippen LogP contribution in [0, 0.1) is 0 Å². The molecule has 0 fully saturated rings. The van der Waals surface area contributed by atoms with E-state index < -0.39 is 11.6 Å². The standard InChI is InChI=1S/C15H13NO4/c1-7(2)15-16-11-13(18)12(17)8-5-4-6-9(19-3)10(8)14(11)20-15/h4-7H,1-3H3. The highest BCUT2D eigenvalue weighted by Gasteiger charge is 2.37. The highest BCUT2D eigenvalue weighted by molar-refractivity contribution is 6.52. The third-order valence-corrected chi connectivity index (χ3v) is 3.28. The average molecular weight is 271 g/mol. The van der Waals surface area contributed by atoms with E-state index in [2.05, 4.69) is 4.98 Å². The number of ketones is 2. The Bertz CT molecular complexity index is 727. The number of methoxy groups -OCH3 is 1. The van der Waals surface area contributed by atoms with Crippen LogP contribution >= 0.6 is 0 Å². The van der Waals surface area contributed by atoms with Gasteiger partial charge in [-0.1, -0.05) is 19.9 Å². The van der Waals surface area contributed by atoms with E-state index in [4.69, 9.17) is 9.15 Å². The Morgan fingerprint density at radius 1 is 1.20 bits per heavy atom. The van der Waals surface area contributed by atoms with Crippen LogP contribution in [0.15, 0.2) is 22.6 Å². The van der Waals surface area contributed by atoms with Crippen molar-refractivity contribution in [2.45, 2.75) is 19.8 Å². The fourth-order valence-electron chi connectivity index (χ4n) is 2.26. The maximum absolute atomic E-state index is 12.1. The molecule has 0 atom stereocenters. The number of ether oxygens (including phenoxy) is 1. The molecule has 0 bridgehead atoms. The van der Waals surface area contributed by atoms with Crippen LogP contribution in [0.1, 0.15) is 46.5 Å². The van der Waals surface area contributed by atoms with Gasteiger partial charge in [0.15, 0.2) is 17.3 Å². The summed E-state index contributed by atoms with van der Waals surface area (Å²) in [6, 6.07) is 5.00. The van der Waals surface area contributed by atoms with Crippen LogP contribution in [-0.2, 0) is 0 Å². The van der Waals surface area contributed by atoms with Crippen LogP contribution in [0.3, 0.4) is 0 Å². The normalized spacial score (nSPS) is 13.4. The summed E-state index contributed by atoms with van der Waals surface area (Å²) in [6.07, 6.45) is 0. The summed E-state index contributed by atoms with van der Waals surface area (Å²) in [5.41, 5.74) is 0.887. The van der Waals surface area contributed by atoms with Gasteiger partial charge in [-0.15, -0.1) is 0 Å². The molecule has 1 aliphatic rings. The Hall–Kier alpha value is -2.43. The Morgan fingerprint density at radius 2 is 1.95 bits per heavy atom. The van der Waals surface area contributed by atoms with Gasteiger partial charge in [0, 0.05) is 11.5 Å². The number of aromatic nitrogens is 1. The zero-order valence-electron chi connectivity index (χ0n) is 11.4. The van der Waals surface area contributed by atoms with E-state index in [1.165, 1.54) is 7.11 Å². The second-order valence-electron chi connectivity index (χ2n) is 4.93. The smallest absolute Gasteiger partial charge is 0.255 e. The topological polar surface area (TPSA) is 69.4 Å². The average Bonchev–Trinajstić information content (AvgIpc) is 2.89. The quantitative estimate of drug-likeness (QED) is 0.785. The first-order chi connectivity index (χ1) is 9.54. The first-order valence-corrected chi connectivity index (χ1v) is 6.31. The van der Waals surface area contributed by atoms with Crippen molar-refractivity contribution < 1.29 is 18.7 Å². The minimum Gasteiger partial charge on any atom is -0.496 e. The van der Waals surface area contributed by atoms with Crippen molar-refractivity contribution in [1.29, 1.82) is 0 Å². The predicted molar refractivity (Wildman–Crippen MR) is 71.2 cm³/mol. The molecule has 1 heterocycles. The van der Waals surface area contributed by atoms with Crippen molar-refractivity contribution in [2.75, 3.05) is 7.11 Å². The molecule has 102 valence electrons. The Balaban J connectivity index is 2.35. The second kappa shape index (κ2) is 4.30. The lowest BCUT2D eigenvalue weighted by Crippen LogP contribution is -2.21. The Labute approximate surface area is 115 Å². The summed E-state index contributed by atoms with van der Waals surface area (Å²) in [7, 11) is 1.51. The SMILES string of the molecule is COc1cccc2c1-c1oc(C(C)C)nc1C(=O)C2=O. The number of hydrogen-bond donors (Lipinski definition) is 0. The molecule has 0 saturated carbocycles. The van der Waals surface area contributed by atoms with E-state index in [0.29, 0.717) is 28.5 Å². The molecule has 3 rings (SSSR count). The zero-order chi connectivity index (χ0) is 14.4. The van der Waals surface area contributed by atoms with Crippen molar-refractivity contribution >= 4 is 11.6 Å². The third kappa shape index (κ3) is 1.59. The molecule has 0 amide bonds.